The highest BCUT2D eigenvalue weighted by Crippen LogP contribution is 2.37. The Labute approximate surface area is 127 Å². The van der Waals surface area contributed by atoms with E-state index in [9.17, 15) is 26.7 Å². The van der Waals surface area contributed by atoms with E-state index >= 15 is 0 Å². The predicted molar refractivity (Wildman–Crippen MR) is 72.3 cm³/mol. The Kier molecular flexibility index (Phi) is 4.53. The molecule has 1 amide bonds. The van der Waals surface area contributed by atoms with Crippen molar-refractivity contribution in [1.29, 1.82) is 0 Å². The van der Waals surface area contributed by atoms with Gasteiger partial charge in [0.1, 0.15) is 0 Å². The molecule has 3 nitrogen and oxygen atoms in total. The van der Waals surface area contributed by atoms with E-state index in [0.29, 0.717) is 6.41 Å². The first-order valence-corrected chi connectivity index (χ1v) is 6.27. The summed E-state index contributed by atoms with van der Waals surface area (Å²) in [7, 11) is 0. The van der Waals surface area contributed by atoms with Gasteiger partial charge in [0.25, 0.3) is 0 Å². The van der Waals surface area contributed by atoms with Gasteiger partial charge in [-0.2, -0.15) is 13.2 Å². The van der Waals surface area contributed by atoms with Crippen molar-refractivity contribution in [3.63, 3.8) is 0 Å². The summed E-state index contributed by atoms with van der Waals surface area (Å²) >= 11 is 0. The molecule has 1 N–H and O–H groups in total. The summed E-state index contributed by atoms with van der Waals surface area (Å²) in [6, 6.07) is 4.63. The molecule has 0 fully saturated rings. The van der Waals surface area contributed by atoms with Gasteiger partial charge in [-0.05, 0) is 36.8 Å². The summed E-state index contributed by atoms with van der Waals surface area (Å²) in [4.78, 5) is 10.5. The molecule has 0 unspecified atom stereocenters. The third kappa shape index (κ3) is 3.77. The van der Waals surface area contributed by atoms with E-state index in [2.05, 4.69) is 5.32 Å². The van der Waals surface area contributed by atoms with E-state index < -0.39 is 29.1 Å². The van der Waals surface area contributed by atoms with Crippen molar-refractivity contribution in [2.45, 2.75) is 13.1 Å². The van der Waals surface area contributed by atoms with Crippen molar-refractivity contribution in [2.24, 2.45) is 0 Å². The van der Waals surface area contributed by atoms with E-state index in [-0.39, 0.29) is 23.6 Å². The van der Waals surface area contributed by atoms with Crippen LogP contribution in [0.5, 0.6) is 11.5 Å². The summed E-state index contributed by atoms with van der Waals surface area (Å²) in [5.74, 6) is -4.11. The number of benzene rings is 2. The molecule has 0 aliphatic heterocycles. The Hall–Kier alpha value is -2.64. The maximum absolute atomic E-state index is 13.8. The Morgan fingerprint density at radius 1 is 1.09 bits per heavy atom. The van der Waals surface area contributed by atoms with Crippen LogP contribution in [0.15, 0.2) is 30.3 Å². The molecule has 0 heterocycles. The van der Waals surface area contributed by atoms with Gasteiger partial charge in [-0.15, -0.1) is 0 Å². The zero-order valence-corrected chi connectivity index (χ0v) is 11.7. The van der Waals surface area contributed by atoms with Crippen molar-refractivity contribution in [1.82, 2.24) is 0 Å². The third-order valence-electron chi connectivity index (χ3n) is 2.89. The molecule has 0 aliphatic carbocycles. The number of carbonyl (C=O) groups is 1. The molecule has 0 saturated carbocycles. The maximum atomic E-state index is 13.8. The Balaban J connectivity index is 2.43. The molecule has 0 saturated heterocycles. The average Bonchev–Trinajstić information content (AvgIpc) is 2.44. The molecular weight excluding hydrogens is 321 g/mol. The highest BCUT2D eigenvalue weighted by molar-refractivity contribution is 5.76. The first kappa shape index (κ1) is 16.7. The zero-order valence-electron chi connectivity index (χ0n) is 11.7. The van der Waals surface area contributed by atoms with Crippen LogP contribution in [0.2, 0.25) is 0 Å². The van der Waals surface area contributed by atoms with E-state index in [4.69, 9.17) is 4.74 Å². The van der Waals surface area contributed by atoms with Crippen LogP contribution in [0.1, 0.15) is 11.1 Å². The lowest BCUT2D eigenvalue weighted by atomic mass is 10.2. The third-order valence-corrected chi connectivity index (χ3v) is 2.89. The lowest BCUT2D eigenvalue weighted by Crippen LogP contribution is -2.07. The van der Waals surface area contributed by atoms with Crippen LogP contribution in [-0.2, 0) is 11.0 Å². The quantitative estimate of drug-likeness (QED) is 0.654. The fraction of sp³-hybridized carbons (Fsp3) is 0.133. The smallest absolute Gasteiger partial charge is 0.416 e. The Bertz CT molecular complexity index is 720. The fourth-order valence-electron chi connectivity index (χ4n) is 1.84. The number of amides is 1. The molecule has 2 rings (SSSR count). The van der Waals surface area contributed by atoms with Crippen LogP contribution < -0.4 is 10.1 Å². The second kappa shape index (κ2) is 6.23. The summed E-state index contributed by atoms with van der Waals surface area (Å²) in [6.07, 6.45) is -4.55. The number of carbonyl (C=O) groups excluding carboxylic acids is 1. The molecule has 23 heavy (non-hydrogen) atoms. The number of aryl methyl sites for hydroxylation is 1. The molecule has 0 radical (unpaired) electrons. The maximum Gasteiger partial charge on any atom is 0.416 e. The van der Waals surface area contributed by atoms with E-state index in [1.165, 1.54) is 12.1 Å². The number of hydrogen-bond acceptors (Lipinski definition) is 2. The second-order valence-corrected chi connectivity index (χ2v) is 4.63. The average molecular weight is 331 g/mol. The minimum atomic E-state index is -4.88. The van der Waals surface area contributed by atoms with Crippen LogP contribution in [-0.4, -0.2) is 6.41 Å². The van der Waals surface area contributed by atoms with Crippen molar-refractivity contribution in [3.05, 3.63) is 53.1 Å². The number of nitrogens with one attached hydrogen (secondary N) is 1. The molecule has 0 atom stereocenters. The number of hydrogen-bond donors (Lipinski definition) is 1. The molecule has 0 aromatic heterocycles. The molecule has 2 aromatic carbocycles. The van der Waals surface area contributed by atoms with Gasteiger partial charge in [-0.3, -0.25) is 4.79 Å². The van der Waals surface area contributed by atoms with Crippen LogP contribution in [0.25, 0.3) is 0 Å². The Morgan fingerprint density at radius 2 is 1.70 bits per heavy atom. The number of rotatable bonds is 4. The lowest BCUT2D eigenvalue weighted by molar-refractivity contribution is -0.138. The van der Waals surface area contributed by atoms with Crippen LogP contribution in [0.4, 0.5) is 27.6 Å². The van der Waals surface area contributed by atoms with E-state index in [0.717, 1.165) is 5.56 Å². The molecule has 2 aromatic rings. The molecular formula is C15H10F5NO2. The molecule has 0 spiro atoms. The topological polar surface area (TPSA) is 38.3 Å². The largest absolute Gasteiger partial charge is 0.449 e. The van der Waals surface area contributed by atoms with Gasteiger partial charge < -0.3 is 10.1 Å². The van der Waals surface area contributed by atoms with Crippen molar-refractivity contribution < 1.29 is 31.5 Å². The van der Waals surface area contributed by atoms with E-state index in [1.54, 1.807) is 13.0 Å². The first-order valence-electron chi connectivity index (χ1n) is 6.27. The highest BCUT2D eigenvalue weighted by atomic mass is 19.4. The number of ether oxygens (including phenoxy) is 1. The van der Waals surface area contributed by atoms with Crippen LogP contribution in [0, 0.1) is 18.6 Å². The summed E-state index contributed by atoms with van der Waals surface area (Å²) in [6.45, 7) is 1.71. The van der Waals surface area contributed by atoms with Crippen molar-refractivity contribution in [2.75, 3.05) is 5.32 Å². The Morgan fingerprint density at radius 3 is 2.22 bits per heavy atom. The van der Waals surface area contributed by atoms with Gasteiger partial charge in [-0.1, -0.05) is 6.07 Å². The SMILES string of the molecule is Cc1ccc(Oc2c(F)cc(C(F)(F)F)cc2F)c(NC=O)c1. The predicted octanol–water partition coefficient (Wildman–Crippen LogP) is 4.65. The lowest BCUT2D eigenvalue weighted by Gasteiger charge is -2.14. The van der Waals surface area contributed by atoms with E-state index in [1.807, 2.05) is 0 Å². The summed E-state index contributed by atoms with van der Waals surface area (Å²) in [5.41, 5.74) is -0.608. The van der Waals surface area contributed by atoms with Crippen molar-refractivity contribution in [3.8, 4) is 11.5 Å². The standard InChI is InChI=1S/C15H10F5NO2/c1-8-2-3-13(12(4-8)21-7-22)23-14-10(16)5-9(6-11(14)17)15(18,19)20/h2-7H,1H3,(H,21,22). The monoisotopic (exact) mass is 331 g/mol. The van der Waals surface area contributed by atoms with Crippen LogP contribution in [0.3, 0.4) is 0 Å². The highest BCUT2D eigenvalue weighted by Gasteiger charge is 2.33. The van der Waals surface area contributed by atoms with Gasteiger partial charge in [0.15, 0.2) is 23.1 Å². The van der Waals surface area contributed by atoms with Crippen LogP contribution >= 0.6 is 0 Å². The zero-order chi connectivity index (χ0) is 17.2. The minimum absolute atomic E-state index is 0.111. The van der Waals surface area contributed by atoms with Gasteiger partial charge in [0.05, 0.1) is 11.3 Å². The fourth-order valence-corrected chi connectivity index (χ4v) is 1.84. The summed E-state index contributed by atoms with van der Waals surface area (Å²) < 4.78 is 70.0. The molecule has 122 valence electrons. The first-order chi connectivity index (χ1) is 10.7. The number of alkyl halides is 3. The van der Waals surface area contributed by atoms with Gasteiger partial charge in [0, 0.05) is 0 Å². The second-order valence-electron chi connectivity index (χ2n) is 4.63. The normalized spacial score (nSPS) is 11.2. The van der Waals surface area contributed by atoms with Gasteiger partial charge >= 0.3 is 6.18 Å². The minimum Gasteiger partial charge on any atom is -0.449 e. The molecule has 0 aliphatic rings. The molecule has 0 bridgehead atoms. The number of anilines is 1. The number of halogens is 5. The summed E-state index contributed by atoms with van der Waals surface area (Å²) in [5, 5.41) is 2.28. The van der Waals surface area contributed by atoms with Gasteiger partial charge in [0.2, 0.25) is 6.41 Å². The van der Waals surface area contributed by atoms with Crippen molar-refractivity contribution >= 4 is 12.1 Å². The van der Waals surface area contributed by atoms with Gasteiger partial charge in [-0.25, -0.2) is 8.78 Å². The molecule has 8 heteroatoms.